The van der Waals surface area contributed by atoms with Crippen LogP contribution < -0.4 is 16.2 Å². The Labute approximate surface area is 223 Å². The fourth-order valence-corrected chi connectivity index (χ4v) is 5.63. The quantitative estimate of drug-likeness (QED) is 0.405. The lowest BCUT2D eigenvalue weighted by Crippen LogP contribution is -2.43. The molecule has 0 spiro atoms. The topological polar surface area (TPSA) is 99.0 Å². The van der Waals surface area contributed by atoms with Crippen molar-refractivity contribution in [2.75, 3.05) is 11.4 Å². The third kappa shape index (κ3) is 5.84. The summed E-state index contributed by atoms with van der Waals surface area (Å²) >= 11 is 0. The fraction of sp³-hybridized carbons (Fsp3) is 0.481. The number of nitrogens with zero attached hydrogens (tertiary/aromatic N) is 5. The summed E-state index contributed by atoms with van der Waals surface area (Å²) in [4.78, 5) is 26.1. The lowest BCUT2D eigenvalue weighted by Gasteiger charge is -2.46. The second-order valence-corrected chi connectivity index (χ2v) is 11.0. The summed E-state index contributed by atoms with van der Waals surface area (Å²) in [5, 5.41) is 8.38. The number of hydrogen-bond acceptors (Lipinski definition) is 5. The number of halogens is 4. The molecule has 4 rings (SSSR count). The largest absolute Gasteiger partial charge is 0.406 e. The third-order valence-corrected chi connectivity index (χ3v) is 7.09. The van der Waals surface area contributed by atoms with Crippen molar-refractivity contribution in [3.05, 3.63) is 75.5 Å². The molecule has 1 aliphatic rings. The number of hydrogen-bond donors (Lipinski definition) is 1. The minimum Gasteiger partial charge on any atom is -0.365 e. The lowest BCUT2D eigenvalue weighted by atomic mass is 9.58. The Kier molecular flexibility index (Phi) is 7.59. The van der Waals surface area contributed by atoms with Crippen LogP contribution in [-0.2, 0) is 25.6 Å². The number of aromatic nitrogens is 4. The van der Waals surface area contributed by atoms with Gasteiger partial charge in [-0.3, -0.25) is 9.59 Å². The molecule has 1 aromatic carbocycles. The van der Waals surface area contributed by atoms with Gasteiger partial charge in [-0.05, 0) is 54.0 Å². The van der Waals surface area contributed by atoms with Crippen molar-refractivity contribution in [3.8, 4) is 0 Å². The zero-order chi connectivity index (χ0) is 28.7. The van der Waals surface area contributed by atoms with Crippen molar-refractivity contribution in [3.63, 3.8) is 0 Å². The number of benzene rings is 1. The smallest absolute Gasteiger partial charge is 0.365 e. The van der Waals surface area contributed by atoms with E-state index in [0.717, 1.165) is 30.4 Å². The molecule has 8 nitrogen and oxygen atoms in total. The van der Waals surface area contributed by atoms with Gasteiger partial charge in [0.15, 0.2) is 0 Å². The maximum absolute atomic E-state index is 15.4. The molecule has 2 heterocycles. The first-order chi connectivity index (χ1) is 18.2. The van der Waals surface area contributed by atoms with Gasteiger partial charge in [0.2, 0.25) is 0 Å². The molecule has 0 radical (unpaired) electrons. The highest BCUT2D eigenvalue weighted by Gasteiger charge is 2.48. The zero-order valence-electron chi connectivity index (χ0n) is 22.3. The Balaban J connectivity index is 1.79. The van der Waals surface area contributed by atoms with Crippen molar-refractivity contribution >= 4 is 11.6 Å². The Bertz CT molecular complexity index is 1420. The normalized spacial score (nSPS) is 19.3. The number of carbonyl (C=O) groups excluding carboxylic acids is 1. The van der Waals surface area contributed by atoms with Crippen LogP contribution in [0, 0.1) is 17.7 Å². The van der Waals surface area contributed by atoms with E-state index in [9.17, 15) is 22.8 Å². The molecule has 1 aliphatic carbocycles. The first kappa shape index (κ1) is 28.3. The number of aryl methyl sites for hydroxylation is 1. The first-order valence-corrected chi connectivity index (χ1v) is 12.7. The molecule has 3 aromatic rings. The molecule has 1 fully saturated rings. The average molecular weight is 549 g/mol. The van der Waals surface area contributed by atoms with E-state index in [1.807, 2.05) is 25.5 Å². The SMILES string of the molecule is CC(C)CN(Cc1cc(C(N)=O)c(=O)n(CC(F)(F)F)c1)c1cc(C2(c3nncn3C)CC(C)C2)ccc1F. The number of amides is 1. The highest BCUT2D eigenvalue weighted by molar-refractivity contribution is 5.92. The second kappa shape index (κ2) is 10.5. The van der Waals surface area contributed by atoms with Gasteiger partial charge in [-0.15, -0.1) is 10.2 Å². The maximum atomic E-state index is 15.4. The molecule has 210 valence electrons. The Hall–Kier alpha value is -3.70. The molecular weight excluding hydrogens is 516 g/mol. The molecule has 1 amide bonds. The molecule has 39 heavy (non-hydrogen) atoms. The van der Waals surface area contributed by atoms with Gasteiger partial charge < -0.3 is 19.8 Å². The van der Waals surface area contributed by atoms with Crippen molar-refractivity contribution in [2.24, 2.45) is 24.6 Å². The monoisotopic (exact) mass is 548 g/mol. The Morgan fingerprint density at radius 1 is 1.26 bits per heavy atom. The molecule has 2 N–H and O–H groups in total. The summed E-state index contributed by atoms with van der Waals surface area (Å²) in [6.45, 7) is 4.73. The number of nitrogens with two attached hydrogens (primary N) is 1. The standard InChI is InChI=1S/C27H32F4N6O2/c1-16(2)11-36(12-18-7-20(23(32)38)24(39)37(13-18)14-27(29,30)31)22-8-19(5-6-21(22)28)26(9-17(3)10-26)25-34-33-15-35(25)4/h5-8,13,15-17H,9-12,14H2,1-4H3,(H2,32,38). The maximum Gasteiger partial charge on any atom is 0.406 e. The van der Waals surface area contributed by atoms with E-state index in [1.165, 1.54) is 12.1 Å². The summed E-state index contributed by atoms with van der Waals surface area (Å²) in [7, 11) is 1.86. The van der Waals surface area contributed by atoms with Gasteiger partial charge in [-0.25, -0.2) is 4.39 Å². The van der Waals surface area contributed by atoms with E-state index in [1.54, 1.807) is 23.4 Å². The number of primary amides is 1. The summed E-state index contributed by atoms with van der Waals surface area (Å²) in [5.74, 6) is -0.367. The van der Waals surface area contributed by atoms with Gasteiger partial charge in [-0.1, -0.05) is 26.8 Å². The van der Waals surface area contributed by atoms with Crippen LogP contribution in [0.3, 0.4) is 0 Å². The molecule has 0 bridgehead atoms. The van der Waals surface area contributed by atoms with Crippen LogP contribution >= 0.6 is 0 Å². The Morgan fingerprint density at radius 3 is 2.49 bits per heavy atom. The number of rotatable bonds is 9. The molecule has 1 saturated carbocycles. The van der Waals surface area contributed by atoms with E-state index >= 15 is 4.39 Å². The van der Waals surface area contributed by atoms with Crippen LogP contribution in [0.5, 0.6) is 0 Å². The van der Waals surface area contributed by atoms with Gasteiger partial charge in [0.25, 0.3) is 11.5 Å². The van der Waals surface area contributed by atoms with Gasteiger partial charge >= 0.3 is 6.18 Å². The van der Waals surface area contributed by atoms with E-state index in [4.69, 9.17) is 5.73 Å². The predicted molar refractivity (Wildman–Crippen MR) is 138 cm³/mol. The number of pyridine rings is 1. The van der Waals surface area contributed by atoms with E-state index < -0.39 is 41.0 Å². The predicted octanol–water partition coefficient (Wildman–Crippen LogP) is 4.16. The highest BCUT2D eigenvalue weighted by Crippen LogP contribution is 2.52. The van der Waals surface area contributed by atoms with Gasteiger partial charge in [0.05, 0.1) is 11.1 Å². The fourth-order valence-electron chi connectivity index (χ4n) is 5.63. The van der Waals surface area contributed by atoms with E-state index in [2.05, 4.69) is 17.1 Å². The minimum absolute atomic E-state index is 0.0513. The van der Waals surface area contributed by atoms with Crippen LogP contribution in [0.15, 0.2) is 41.6 Å². The van der Waals surface area contributed by atoms with Crippen LogP contribution in [0.25, 0.3) is 0 Å². The van der Waals surface area contributed by atoms with Gasteiger partial charge in [-0.2, -0.15) is 13.2 Å². The third-order valence-electron chi connectivity index (χ3n) is 7.09. The molecule has 0 unspecified atom stereocenters. The lowest BCUT2D eigenvalue weighted by molar-refractivity contribution is -0.141. The summed E-state index contributed by atoms with van der Waals surface area (Å²) < 4.78 is 57.2. The van der Waals surface area contributed by atoms with Gasteiger partial charge in [0.1, 0.15) is 30.1 Å². The number of carbonyl (C=O) groups is 1. The molecule has 12 heteroatoms. The van der Waals surface area contributed by atoms with Crippen LogP contribution in [0.1, 0.15) is 60.9 Å². The van der Waals surface area contributed by atoms with Crippen molar-refractivity contribution in [1.29, 1.82) is 0 Å². The van der Waals surface area contributed by atoms with Crippen molar-refractivity contribution < 1.29 is 22.4 Å². The summed E-state index contributed by atoms with van der Waals surface area (Å²) in [6.07, 6.45) is -0.407. The molecule has 0 saturated heterocycles. The van der Waals surface area contributed by atoms with Crippen molar-refractivity contribution in [1.82, 2.24) is 19.3 Å². The zero-order valence-corrected chi connectivity index (χ0v) is 22.3. The summed E-state index contributed by atoms with van der Waals surface area (Å²) in [5.41, 5.74) is 4.51. The second-order valence-electron chi connectivity index (χ2n) is 11.0. The van der Waals surface area contributed by atoms with Crippen LogP contribution in [-0.4, -0.2) is 38.0 Å². The summed E-state index contributed by atoms with van der Waals surface area (Å²) in [6, 6.07) is 6.07. The molecule has 2 aromatic heterocycles. The van der Waals surface area contributed by atoms with E-state index in [0.29, 0.717) is 17.0 Å². The minimum atomic E-state index is -4.69. The molecule has 0 aliphatic heterocycles. The Morgan fingerprint density at radius 2 is 1.95 bits per heavy atom. The molecule has 0 atom stereocenters. The number of alkyl halides is 3. The van der Waals surface area contributed by atoms with Crippen molar-refractivity contribution in [2.45, 2.75) is 58.3 Å². The van der Waals surface area contributed by atoms with Crippen LogP contribution in [0.2, 0.25) is 0 Å². The highest BCUT2D eigenvalue weighted by atomic mass is 19.4. The van der Waals surface area contributed by atoms with Gasteiger partial charge in [0, 0.05) is 26.3 Å². The molecular formula is C27H32F4N6O2. The first-order valence-electron chi connectivity index (χ1n) is 12.7. The number of anilines is 1. The van der Waals surface area contributed by atoms with E-state index in [-0.39, 0.29) is 23.7 Å². The van der Waals surface area contributed by atoms with Crippen LogP contribution in [0.4, 0.5) is 23.2 Å². The average Bonchev–Trinajstić information content (AvgIpc) is 3.23.